The summed E-state index contributed by atoms with van der Waals surface area (Å²) in [7, 11) is 2.22. The summed E-state index contributed by atoms with van der Waals surface area (Å²) in [6.45, 7) is 4.34. The van der Waals surface area contributed by atoms with Gasteiger partial charge in [-0.15, -0.1) is 11.3 Å². The van der Waals surface area contributed by atoms with E-state index in [2.05, 4.69) is 69.2 Å². The molecular formula is C24H27BrN4S. The van der Waals surface area contributed by atoms with Crippen molar-refractivity contribution in [3.05, 3.63) is 50.6 Å². The number of anilines is 1. The number of hydrogen-bond acceptors (Lipinski definition) is 5. The lowest BCUT2D eigenvalue weighted by molar-refractivity contribution is 0.360. The second-order valence-electron chi connectivity index (χ2n) is 8.33. The van der Waals surface area contributed by atoms with Crippen molar-refractivity contribution in [2.75, 3.05) is 38.1 Å². The van der Waals surface area contributed by atoms with E-state index in [9.17, 15) is 0 Å². The third-order valence-electron chi connectivity index (χ3n) is 6.13. The minimum Gasteiger partial charge on any atom is -0.355 e. The van der Waals surface area contributed by atoms with Gasteiger partial charge in [-0.05, 0) is 75.0 Å². The van der Waals surface area contributed by atoms with Gasteiger partial charge >= 0.3 is 0 Å². The van der Waals surface area contributed by atoms with Crippen LogP contribution in [0.2, 0.25) is 0 Å². The minimum atomic E-state index is 0.816. The zero-order chi connectivity index (χ0) is 20.5. The van der Waals surface area contributed by atoms with Crippen molar-refractivity contribution in [3.63, 3.8) is 0 Å². The van der Waals surface area contributed by atoms with Crippen molar-refractivity contribution in [1.29, 1.82) is 0 Å². The lowest BCUT2D eigenvalue weighted by Crippen LogP contribution is -2.29. The number of fused-ring (bicyclic) bond motifs is 3. The van der Waals surface area contributed by atoms with Crippen LogP contribution in [0.5, 0.6) is 0 Å². The van der Waals surface area contributed by atoms with Gasteiger partial charge in [-0.25, -0.2) is 9.97 Å². The molecule has 6 heteroatoms. The van der Waals surface area contributed by atoms with Gasteiger partial charge in [0.2, 0.25) is 0 Å². The Bertz CT molecular complexity index is 1070. The van der Waals surface area contributed by atoms with Crippen LogP contribution in [-0.2, 0) is 12.8 Å². The average Bonchev–Trinajstić information content (AvgIpc) is 2.99. The lowest BCUT2D eigenvalue weighted by Gasteiger charge is -2.23. The van der Waals surface area contributed by atoms with Crippen LogP contribution < -0.4 is 4.90 Å². The Kier molecular flexibility index (Phi) is 5.89. The number of aryl methyl sites for hydroxylation is 2. The molecule has 1 aliphatic heterocycles. The standard InChI is InChI=1S/C24H27BrN4S/c1-28-13-4-14-29(16-15-28)23-22-19-5-2-3-6-20(19)30-24(22)27-21(26-23)12-9-17-7-10-18(25)11-8-17/h7-12H,2-6,13-16H2,1H3/b12-9+. The van der Waals surface area contributed by atoms with Gasteiger partial charge in [-0.2, -0.15) is 0 Å². The molecule has 0 radical (unpaired) electrons. The summed E-state index contributed by atoms with van der Waals surface area (Å²) < 4.78 is 1.09. The van der Waals surface area contributed by atoms with Gasteiger partial charge in [0.15, 0.2) is 5.82 Å². The van der Waals surface area contributed by atoms with E-state index in [1.165, 1.54) is 52.8 Å². The summed E-state index contributed by atoms with van der Waals surface area (Å²) in [5.41, 5.74) is 2.68. The molecule has 0 amide bonds. The molecule has 0 atom stereocenters. The number of thiophene rings is 1. The Hall–Kier alpha value is -1.76. The van der Waals surface area contributed by atoms with E-state index in [1.54, 1.807) is 0 Å². The molecule has 0 spiro atoms. The van der Waals surface area contributed by atoms with E-state index in [0.29, 0.717) is 0 Å². The summed E-state index contributed by atoms with van der Waals surface area (Å²) in [6, 6.07) is 8.34. The van der Waals surface area contributed by atoms with Crippen LogP contribution in [0.25, 0.3) is 22.4 Å². The molecule has 1 aromatic carbocycles. The minimum absolute atomic E-state index is 0.816. The van der Waals surface area contributed by atoms with Crippen LogP contribution in [0.1, 0.15) is 41.1 Å². The van der Waals surface area contributed by atoms with E-state index in [4.69, 9.17) is 9.97 Å². The molecule has 0 bridgehead atoms. The first-order valence-corrected chi connectivity index (χ1v) is 12.5. The third kappa shape index (κ3) is 4.18. The molecule has 0 unspecified atom stereocenters. The Morgan fingerprint density at radius 2 is 1.77 bits per heavy atom. The smallest absolute Gasteiger partial charge is 0.155 e. The molecule has 3 heterocycles. The second-order valence-corrected chi connectivity index (χ2v) is 10.3. The van der Waals surface area contributed by atoms with Crippen molar-refractivity contribution < 1.29 is 0 Å². The Morgan fingerprint density at radius 1 is 0.933 bits per heavy atom. The molecule has 5 rings (SSSR count). The lowest BCUT2D eigenvalue weighted by atomic mass is 9.97. The van der Waals surface area contributed by atoms with Crippen LogP contribution >= 0.6 is 27.3 Å². The van der Waals surface area contributed by atoms with Gasteiger partial charge in [0.05, 0.1) is 5.39 Å². The summed E-state index contributed by atoms with van der Waals surface area (Å²) in [4.78, 5) is 17.7. The highest BCUT2D eigenvalue weighted by Gasteiger charge is 2.24. The number of halogens is 1. The van der Waals surface area contributed by atoms with Gasteiger partial charge in [-0.3, -0.25) is 0 Å². The van der Waals surface area contributed by atoms with Crippen molar-refractivity contribution in [2.24, 2.45) is 0 Å². The molecular weight excluding hydrogens is 456 g/mol. The molecule has 0 saturated carbocycles. The molecule has 2 aromatic heterocycles. The first-order valence-electron chi connectivity index (χ1n) is 10.9. The summed E-state index contributed by atoms with van der Waals surface area (Å²) in [5.74, 6) is 1.97. The van der Waals surface area contributed by atoms with E-state index >= 15 is 0 Å². The largest absolute Gasteiger partial charge is 0.355 e. The molecule has 156 valence electrons. The quantitative estimate of drug-likeness (QED) is 0.482. The highest BCUT2D eigenvalue weighted by molar-refractivity contribution is 9.10. The highest BCUT2D eigenvalue weighted by Crippen LogP contribution is 2.40. The zero-order valence-electron chi connectivity index (χ0n) is 17.4. The van der Waals surface area contributed by atoms with Crippen molar-refractivity contribution >= 4 is 55.5 Å². The maximum atomic E-state index is 5.11. The Morgan fingerprint density at radius 3 is 2.63 bits per heavy atom. The molecule has 2 aliphatic rings. The molecule has 0 N–H and O–H groups in total. The molecule has 30 heavy (non-hydrogen) atoms. The molecule has 4 nitrogen and oxygen atoms in total. The SMILES string of the molecule is CN1CCCN(c2nc(/C=C/c3ccc(Br)cc3)nc3sc4c(c23)CCCC4)CC1. The number of rotatable bonds is 3. The fourth-order valence-corrected chi connectivity index (χ4v) is 5.99. The fraction of sp³-hybridized carbons (Fsp3) is 0.417. The number of nitrogens with zero attached hydrogens (tertiary/aromatic N) is 4. The first-order chi connectivity index (χ1) is 14.7. The van der Waals surface area contributed by atoms with Gasteiger partial charge < -0.3 is 9.80 Å². The van der Waals surface area contributed by atoms with Gasteiger partial charge in [0, 0.05) is 29.0 Å². The van der Waals surface area contributed by atoms with Crippen molar-refractivity contribution in [2.45, 2.75) is 32.1 Å². The van der Waals surface area contributed by atoms with Gasteiger partial charge in [0.1, 0.15) is 10.6 Å². The van der Waals surface area contributed by atoms with Crippen molar-refractivity contribution in [1.82, 2.24) is 14.9 Å². The normalized spacial score (nSPS) is 18.1. The topological polar surface area (TPSA) is 32.3 Å². The van der Waals surface area contributed by atoms with E-state index in [0.717, 1.165) is 47.9 Å². The van der Waals surface area contributed by atoms with Crippen LogP contribution in [-0.4, -0.2) is 48.1 Å². The van der Waals surface area contributed by atoms with Crippen LogP contribution in [0, 0.1) is 0 Å². The average molecular weight is 483 g/mol. The zero-order valence-corrected chi connectivity index (χ0v) is 19.8. The first kappa shape index (κ1) is 20.2. The van der Waals surface area contributed by atoms with E-state index < -0.39 is 0 Å². The number of likely N-dealkylation sites (N-methyl/N-ethyl adjacent to an activating group) is 1. The summed E-state index contributed by atoms with van der Waals surface area (Å²) >= 11 is 5.40. The van der Waals surface area contributed by atoms with E-state index in [1.807, 2.05) is 11.3 Å². The predicted molar refractivity (Wildman–Crippen MR) is 131 cm³/mol. The maximum Gasteiger partial charge on any atom is 0.155 e. The predicted octanol–water partition coefficient (Wildman–Crippen LogP) is 5.64. The summed E-state index contributed by atoms with van der Waals surface area (Å²) in [5, 5.41) is 1.33. The van der Waals surface area contributed by atoms with E-state index in [-0.39, 0.29) is 0 Å². The Labute approximate surface area is 190 Å². The van der Waals surface area contributed by atoms with Crippen molar-refractivity contribution in [3.8, 4) is 0 Å². The monoisotopic (exact) mass is 482 g/mol. The van der Waals surface area contributed by atoms with Crippen LogP contribution in [0.15, 0.2) is 28.7 Å². The number of hydrogen-bond donors (Lipinski definition) is 0. The molecule has 3 aromatic rings. The number of aromatic nitrogens is 2. The maximum absolute atomic E-state index is 5.11. The van der Waals surface area contributed by atoms with Crippen LogP contribution in [0.4, 0.5) is 5.82 Å². The highest BCUT2D eigenvalue weighted by atomic mass is 79.9. The van der Waals surface area contributed by atoms with Gasteiger partial charge in [0.25, 0.3) is 0 Å². The van der Waals surface area contributed by atoms with Crippen LogP contribution in [0.3, 0.4) is 0 Å². The fourth-order valence-electron chi connectivity index (χ4n) is 4.46. The number of benzene rings is 1. The molecule has 1 aliphatic carbocycles. The Balaban J connectivity index is 1.58. The van der Waals surface area contributed by atoms with Gasteiger partial charge in [-0.1, -0.05) is 34.1 Å². The molecule has 1 saturated heterocycles. The third-order valence-corrected chi connectivity index (χ3v) is 7.84. The second kappa shape index (κ2) is 8.77. The summed E-state index contributed by atoms with van der Waals surface area (Å²) in [6.07, 6.45) is 10.3. The molecule has 1 fully saturated rings.